The quantitative estimate of drug-likeness (QED) is 0.351. The summed E-state index contributed by atoms with van der Waals surface area (Å²) in [6.07, 6.45) is 8.97. The van der Waals surface area contributed by atoms with Crippen molar-refractivity contribution in [1.82, 2.24) is 19.8 Å². The molecule has 1 unspecified atom stereocenters. The van der Waals surface area contributed by atoms with Gasteiger partial charge in [-0.15, -0.1) is 24.0 Å². The summed E-state index contributed by atoms with van der Waals surface area (Å²) < 4.78 is 13.9. The summed E-state index contributed by atoms with van der Waals surface area (Å²) in [5, 5.41) is 3.48. The van der Waals surface area contributed by atoms with Crippen LogP contribution in [0.5, 0.6) is 0 Å². The van der Waals surface area contributed by atoms with E-state index in [2.05, 4.69) is 44.8 Å². The monoisotopic (exact) mass is 505 g/mol. The third-order valence-electron chi connectivity index (χ3n) is 5.26. The van der Waals surface area contributed by atoms with Crippen LogP contribution in [0.2, 0.25) is 0 Å². The number of aromatic nitrogens is 2. The number of halogens is 1. The van der Waals surface area contributed by atoms with Crippen LogP contribution in [-0.4, -0.2) is 66.0 Å². The molecule has 0 aromatic carbocycles. The van der Waals surface area contributed by atoms with Crippen molar-refractivity contribution in [3.63, 3.8) is 0 Å². The normalized spacial score (nSPS) is 21.2. The Morgan fingerprint density at radius 1 is 1.36 bits per heavy atom. The minimum atomic E-state index is 0. The number of nitrogens with one attached hydrogen (secondary N) is 1. The zero-order valence-corrected chi connectivity index (χ0v) is 19.8. The number of piperidine rings is 1. The largest absolute Gasteiger partial charge is 0.376 e. The van der Waals surface area contributed by atoms with Gasteiger partial charge in [-0.25, -0.2) is 4.98 Å². The molecule has 0 bridgehead atoms. The van der Waals surface area contributed by atoms with E-state index in [0.29, 0.717) is 24.7 Å². The lowest BCUT2D eigenvalue weighted by Gasteiger charge is -2.34. The number of imidazole rings is 1. The fourth-order valence-electron chi connectivity index (χ4n) is 3.81. The Labute approximate surface area is 186 Å². The summed E-state index contributed by atoms with van der Waals surface area (Å²) in [5.74, 6) is 2.61. The van der Waals surface area contributed by atoms with E-state index in [0.717, 1.165) is 63.9 Å². The molecule has 0 saturated carbocycles. The molecule has 7 nitrogen and oxygen atoms in total. The molecule has 2 fully saturated rings. The second-order valence-corrected chi connectivity index (χ2v) is 7.95. The van der Waals surface area contributed by atoms with Crippen molar-refractivity contribution in [2.45, 2.75) is 64.8 Å². The fourth-order valence-corrected chi connectivity index (χ4v) is 3.81. The van der Waals surface area contributed by atoms with Gasteiger partial charge in [0.25, 0.3) is 0 Å². The van der Waals surface area contributed by atoms with Gasteiger partial charge >= 0.3 is 0 Å². The van der Waals surface area contributed by atoms with Gasteiger partial charge in [-0.1, -0.05) is 13.8 Å². The van der Waals surface area contributed by atoms with Crippen LogP contribution in [0.25, 0.3) is 0 Å². The van der Waals surface area contributed by atoms with E-state index in [1.165, 1.54) is 6.42 Å². The Morgan fingerprint density at radius 3 is 2.79 bits per heavy atom. The maximum Gasteiger partial charge on any atom is 0.194 e. The Kier molecular flexibility index (Phi) is 10.0. The third kappa shape index (κ3) is 6.88. The van der Waals surface area contributed by atoms with Crippen LogP contribution < -0.4 is 5.32 Å². The van der Waals surface area contributed by atoms with Crippen molar-refractivity contribution in [2.75, 3.05) is 33.4 Å². The number of guanidine groups is 1. The molecule has 0 spiro atoms. The number of ether oxygens (including phenoxy) is 2. The molecule has 1 aromatic rings. The highest BCUT2D eigenvalue weighted by atomic mass is 127. The van der Waals surface area contributed by atoms with E-state index in [-0.39, 0.29) is 24.0 Å². The van der Waals surface area contributed by atoms with Crippen molar-refractivity contribution in [1.29, 1.82) is 0 Å². The summed E-state index contributed by atoms with van der Waals surface area (Å²) in [7, 11) is 1.85. The van der Waals surface area contributed by atoms with Gasteiger partial charge in [0.1, 0.15) is 5.82 Å². The first-order valence-electron chi connectivity index (χ1n) is 10.3. The van der Waals surface area contributed by atoms with Gasteiger partial charge in [-0.3, -0.25) is 4.99 Å². The lowest BCUT2D eigenvalue weighted by Crippen LogP contribution is -2.47. The first-order valence-corrected chi connectivity index (χ1v) is 10.3. The highest BCUT2D eigenvalue weighted by molar-refractivity contribution is 14.0. The van der Waals surface area contributed by atoms with Gasteiger partial charge in [-0.05, 0) is 31.6 Å². The minimum absolute atomic E-state index is 0. The van der Waals surface area contributed by atoms with Crippen LogP contribution >= 0.6 is 24.0 Å². The molecule has 2 aliphatic heterocycles. The number of likely N-dealkylation sites (tertiary alicyclic amines) is 1. The summed E-state index contributed by atoms with van der Waals surface area (Å²) in [6, 6.07) is 0. The topological polar surface area (TPSA) is 63.9 Å². The summed E-state index contributed by atoms with van der Waals surface area (Å²) in [6.45, 7) is 9.71. The van der Waals surface area contributed by atoms with Gasteiger partial charge in [0, 0.05) is 45.7 Å². The second kappa shape index (κ2) is 12.0. The van der Waals surface area contributed by atoms with Crippen molar-refractivity contribution in [3.8, 4) is 0 Å². The Hall–Kier alpha value is -0.870. The molecule has 1 N–H and O–H groups in total. The number of rotatable bonds is 7. The van der Waals surface area contributed by atoms with E-state index >= 15 is 0 Å². The molecular weight excluding hydrogens is 469 g/mol. The highest BCUT2D eigenvalue weighted by Gasteiger charge is 2.24. The predicted octanol–water partition coefficient (Wildman–Crippen LogP) is 2.89. The van der Waals surface area contributed by atoms with Crippen LogP contribution in [0.4, 0.5) is 0 Å². The van der Waals surface area contributed by atoms with E-state index in [1.54, 1.807) is 0 Å². The number of hydrogen-bond acceptors (Lipinski definition) is 4. The molecule has 8 heteroatoms. The summed E-state index contributed by atoms with van der Waals surface area (Å²) >= 11 is 0. The maximum absolute atomic E-state index is 6.07. The fraction of sp³-hybridized carbons (Fsp3) is 0.800. The van der Waals surface area contributed by atoms with Crippen LogP contribution in [-0.2, 0) is 22.6 Å². The molecule has 2 saturated heterocycles. The van der Waals surface area contributed by atoms with Crippen molar-refractivity contribution < 1.29 is 9.47 Å². The van der Waals surface area contributed by atoms with Crippen LogP contribution in [0.15, 0.2) is 17.4 Å². The van der Waals surface area contributed by atoms with Crippen molar-refractivity contribution in [2.24, 2.45) is 10.9 Å². The average Bonchev–Trinajstić information content (AvgIpc) is 3.33. The predicted molar refractivity (Wildman–Crippen MR) is 122 cm³/mol. The van der Waals surface area contributed by atoms with Crippen molar-refractivity contribution >= 4 is 29.9 Å². The molecule has 28 heavy (non-hydrogen) atoms. The van der Waals surface area contributed by atoms with Gasteiger partial charge in [0.05, 0.1) is 25.4 Å². The van der Waals surface area contributed by atoms with Gasteiger partial charge in [-0.2, -0.15) is 0 Å². The average molecular weight is 505 g/mol. The molecule has 1 atom stereocenters. The van der Waals surface area contributed by atoms with E-state index in [1.807, 2.05) is 13.2 Å². The minimum Gasteiger partial charge on any atom is -0.376 e. The molecular formula is C20H36IN5O2. The second-order valence-electron chi connectivity index (χ2n) is 7.95. The lowest BCUT2D eigenvalue weighted by molar-refractivity contribution is -0.0367. The van der Waals surface area contributed by atoms with E-state index in [9.17, 15) is 0 Å². The lowest BCUT2D eigenvalue weighted by atomic mass is 10.1. The highest BCUT2D eigenvalue weighted by Crippen LogP contribution is 2.18. The van der Waals surface area contributed by atoms with Gasteiger partial charge < -0.3 is 24.3 Å². The Balaban J connectivity index is 0.00000280. The Morgan fingerprint density at radius 2 is 2.14 bits per heavy atom. The standard InChI is InChI=1S/C20H35N5O2.HI/c1-16(2)14-25-11-8-22-19(25)13-23-20(21-3)24-9-6-17(7-10-24)27-15-18-5-4-12-26-18;/h8,11,16-18H,4-7,9-10,12-15H2,1-3H3,(H,21,23);1H. The van der Waals surface area contributed by atoms with Crippen LogP contribution in [0, 0.1) is 5.92 Å². The number of hydrogen-bond donors (Lipinski definition) is 1. The molecule has 0 aliphatic carbocycles. The number of nitrogens with zero attached hydrogens (tertiary/aromatic N) is 4. The van der Waals surface area contributed by atoms with Crippen LogP contribution in [0.3, 0.4) is 0 Å². The zero-order valence-electron chi connectivity index (χ0n) is 17.5. The molecule has 160 valence electrons. The zero-order chi connectivity index (χ0) is 19.1. The summed E-state index contributed by atoms with van der Waals surface area (Å²) in [5.41, 5.74) is 0. The first kappa shape index (κ1) is 23.4. The van der Waals surface area contributed by atoms with E-state index in [4.69, 9.17) is 9.47 Å². The molecule has 3 heterocycles. The maximum atomic E-state index is 6.07. The molecule has 0 amide bonds. The third-order valence-corrected chi connectivity index (χ3v) is 5.26. The van der Waals surface area contributed by atoms with Crippen LogP contribution in [0.1, 0.15) is 45.4 Å². The SMILES string of the molecule is CN=C(NCc1nccn1CC(C)C)N1CCC(OCC2CCCO2)CC1.I. The Bertz CT molecular complexity index is 593. The summed E-state index contributed by atoms with van der Waals surface area (Å²) in [4.78, 5) is 11.3. The molecule has 1 aromatic heterocycles. The van der Waals surface area contributed by atoms with Gasteiger partial charge in [0.15, 0.2) is 5.96 Å². The number of aliphatic imine (C=N–C) groups is 1. The molecule has 3 rings (SSSR count). The van der Waals surface area contributed by atoms with E-state index < -0.39 is 0 Å². The first-order chi connectivity index (χ1) is 13.2. The molecule has 0 radical (unpaired) electrons. The van der Waals surface area contributed by atoms with Gasteiger partial charge in [0.2, 0.25) is 0 Å². The molecule has 2 aliphatic rings. The van der Waals surface area contributed by atoms with Crippen molar-refractivity contribution in [3.05, 3.63) is 18.2 Å². The smallest absolute Gasteiger partial charge is 0.194 e.